The van der Waals surface area contributed by atoms with Crippen LogP contribution in [-0.4, -0.2) is 42.1 Å². The largest absolute Gasteiger partial charge is 0.368 e. The molecule has 0 spiro atoms. The molecule has 2 aromatic carbocycles. The van der Waals surface area contributed by atoms with Gasteiger partial charge in [0.15, 0.2) is 11.5 Å². The minimum absolute atomic E-state index is 0.0941. The highest BCUT2D eigenvalue weighted by Crippen LogP contribution is 2.26. The van der Waals surface area contributed by atoms with Gasteiger partial charge in [-0.1, -0.05) is 53.2 Å². The van der Waals surface area contributed by atoms with Gasteiger partial charge in [-0.3, -0.25) is 4.79 Å². The molecule has 1 fully saturated rings. The third kappa shape index (κ3) is 3.69. The molecule has 27 heavy (non-hydrogen) atoms. The van der Waals surface area contributed by atoms with Crippen molar-refractivity contribution < 1.29 is 9.32 Å². The van der Waals surface area contributed by atoms with Gasteiger partial charge >= 0.3 is 0 Å². The summed E-state index contributed by atoms with van der Waals surface area (Å²) in [5, 5.41) is 4.70. The second kappa shape index (κ2) is 7.45. The summed E-state index contributed by atoms with van der Waals surface area (Å²) in [4.78, 5) is 16.9. The molecule has 138 valence electrons. The van der Waals surface area contributed by atoms with Gasteiger partial charge in [0.1, 0.15) is 0 Å². The van der Waals surface area contributed by atoms with E-state index in [1.54, 1.807) is 6.07 Å². The van der Waals surface area contributed by atoms with E-state index in [-0.39, 0.29) is 5.91 Å². The van der Waals surface area contributed by atoms with Gasteiger partial charge in [-0.25, -0.2) is 0 Å². The van der Waals surface area contributed by atoms with Crippen molar-refractivity contribution in [1.29, 1.82) is 0 Å². The Kier molecular flexibility index (Phi) is 4.86. The number of hydrogen-bond donors (Lipinski definition) is 0. The lowest BCUT2D eigenvalue weighted by Crippen LogP contribution is -2.49. The van der Waals surface area contributed by atoms with Gasteiger partial charge in [0.2, 0.25) is 0 Å². The number of aromatic nitrogens is 1. The number of halogens is 1. The van der Waals surface area contributed by atoms with Crippen molar-refractivity contribution in [3.05, 3.63) is 70.9 Å². The van der Waals surface area contributed by atoms with Crippen LogP contribution in [0.1, 0.15) is 16.1 Å². The van der Waals surface area contributed by atoms with Crippen molar-refractivity contribution in [2.75, 3.05) is 31.1 Å². The highest BCUT2D eigenvalue weighted by atomic mass is 35.5. The third-order valence-electron chi connectivity index (χ3n) is 4.87. The average molecular weight is 382 g/mol. The minimum Gasteiger partial charge on any atom is -0.368 e. The van der Waals surface area contributed by atoms with E-state index in [9.17, 15) is 4.79 Å². The molecule has 2 heterocycles. The molecular weight excluding hydrogens is 362 g/mol. The maximum absolute atomic E-state index is 12.8. The number of piperazine rings is 1. The fraction of sp³-hybridized carbons (Fsp3) is 0.238. The van der Waals surface area contributed by atoms with Gasteiger partial charge in [-0.2, -0.15) is 0 Å². The zero-order chi connectivity index (χ0) is 18.8. The molecule has 6 heteroatoms. The zero-order valence-electron chi connectivity index (χ0n) is 15.1. The maximum atomic E-state index is 12.8. The van der Waals surface area contributed by atoms with Crippen LogP contribution >= 0.6 is 11.6 Å². The van der Waals surface area contributed by atoms with Crippen LogP contribution in [0.3, 0.4) is 0 Å². The number of rotatable bonds is 3. The molecule has 5 nitrogen and oxygen atoms in total. The fourth-order valence-electron chi connectivity index (χ4n) is 3.35. The first-order valence-corrected chi connectivity index (χ1v) is 9.32. The lowest BCUT2D eigenvalue weighted by molar-refractivity contribution is 0.0736. The lowest BCUT2D eigenvalue weighted by atomic mass is 10.1. The first kappa shape index (κ1) is 17.6. The fourth-order valence-corrected chi connectivity index (χ4v) is 3.52. The summed E-state index contributed by atoms with van der Waals surface area (Å²) in [6.07, 6.45) is 0. The quantitative estimate of drug-likeness (QED) is 0.680. The molecule has 0 unspecified atom stereocenters. The number of amides is 1. The Morgan fingerprint density at radius 2 is 1.78 bits per heavy atom. The summed E-state index contributed by atoms with van der Waals surface area (Å²) in [5.74, 6) is 0.510. The molecule has 4 rings (SSSR count). The monoisotopic (exact) mass is 381 g/mol. The van der Waals surface area contributed by atoms with E-state index in [1.807, 2.05) is 53.4 Å². The molecule has 0 radical (unpaired) electrons. The summed E-state index contributed by atoms with van der Waals surface area (Å²) < 4.78 is 5.36. The minimum atomic E-state index is -0.0941. The predicted octanol–water partition coefficient (Wildman–Crippen LogP) is 4.27. The number of anilines is 1. The number of carbonyl (C=O) groups excluding carboxylic acids is 1. The van der Waals surface area contributed by atoms with Crippen LogP contribution in [0.2, 0.25) is 5.02 Å². The maximum Gasteiger partial charge on any atom is 0.276 e. The van der Waals surface area contributed by atoms with E-state index in [4.69, 9.17) is 16.1 Å². The Hall–Kier alpha value is -2.79. The normalized spacial score (nSPS) is 14.4. The highest BCUT2D eigenvalue weighted by Gasteiger charge is 2.25. The molecular formula is C21H20ClN3O2. The molecule has 1 amide bonds. The van der Waals surface area contributed by atoms with Crippen LogP contribution in [0.15, 0.2) is 59.1 Å². The van der Waals surface area contributed by atoms with Crippen LogP contribution in [0, 0.1) is 6.92 Å². The molecule has 0 saturated carbocycles. The number of nitrogens with zero attached hydrogens (tertiary/aromatic N) is 3. The molecule has 1 saturated heterocycles. The molecule has 0 atom stereocenters. The number of aryl methyl sites for hydroxylation is 1. The molecule has 1 aliphatic rings. The zero-order valence-corrected chi connectivity index (χ0v) is 15.8. The van der Waals surface area contributed by atoms with Crippen LogP contribution < -0.4 is 4.90 Å². The van der Waals surface area contributed by atoms with Crippen molar-refractivity contribution in [2.45, 2.75) is 6.92 Å². The topological polar surface area (TPSA) is 49.6 Å². The number of benzene rings is 2. The van der Waals surface area contributed by atoms with Gasteiger partial charge in [0.25, 0.3) is 5.91 Å². The van der Waals surface area contributed by atoms with Crippen molar-refractivity contribution in [1.82, 2.24) is 10.1 Å². The molecule has 0 bridgehead atoms. The number of carbonyl (C=O) groups is 1. The molecule has 3 aromatic rings. The third-order valence-corrected chi connectivity index (χ3v) is 5.10. The summed E-state index contributed by atoms with van der Waals surface area (Å²) in [6, 6.07) is 17.3. The van der Waals surface area contributed by atoms with Gasteiger partial charge in [-0.15, -0.1) is 0 Å². The molecule has 0 N–H and O–H groups in total. The highest BCUT2D eigenvalue weighted by molar-refractivity contribution is 6.30. The Labute approximate surface area is 163 Å². The van der Waals surface area contributed by atoms with Gasteiger partial charge < -0.3 is 14.3 Å². The first-order valence-electron chi connectivity index (χ1n) is 8.94. The van der Waals surface area contributed by atoms with E-state index < -0.39 is 0 Å². The van der Waals surface area contributed by atoms with E-state index in [0.717, 1.165) is 29.4 Å². The Morgan fingerprint density at radius 3 is 2.52 bits per heavy atom. The number of hydrogen-bond acceptors (Lipinski definition) is 4. The van der Waals surface area contributed by atoms with E-state index in [0.29, 0.717) is 24.5 Å². The molecule has 1 aromatic heterocycles. The second-order valence-electron chi connectivity index (χ2n) is 6.65. The van der Waals surface area contributed by atoms with Crippen molar-refractivity contribution in [2.24, 2.45) is 0 Å². The summed E-state index contributed by atoms with van der Waals surface area (Å²) in [6.45, 7) is 4.87. The van der Waals surface area contributed by atoms with E-state index in [2.05, 4.69) is 17.0 Å². The van der Waals surface area contributed by atoms with Crippen LogP contribution in [0.25, 0.3) is 11.3 Å². The van der Waals surface area contributed by atoms with Crippen molar-refractivity contribution in [3.63, 3.8) is 0 Å². The summed E-state index contributed by atoms with van der Waals surface area (Å²) in [5.41, 5.74) is 3.57. The van der Waals surface area contributed by atoms with Crippen LogP contribution in [-0.2, 0) is 0 Å². The standard InChI is InChI=1S/C21H20ClN3O2/c1-15-7-8-17(22)13-19(15)24-9-11-25(12-10-24)21(26)18-14-20(27-23-18)16-5-3-2-4-6-16/h2-8,13-14H,9-12H2,1H3. The van der Waals surface area contributed by atoms with E-state index in [1.165, 1.54) is 5.56 Å². The van der Waals surface area contributed by atoms with Gasteiger partial charge in [0.05, 0.1) is 0 Å². The van der Waals surface area contributed by atoms with Crippen LogP contribution in [0.5, 0.6) is 0 Å². The lowest BCUT2D eigenvalue weighted by Gasteiger charge is -2.36. The summed E-state index contributed by atoms with van der Waals surface area (Å²) in [7, 11) is 0. The van der Waals surface area contributed by atoms with Crippen LogP contribution in [0.4, 0.5) is 5.69 Å². The van der Waals surface area contributed by atoms with Crippen molar-refractivity contribution in [3.8, 4) is 11.3 Å². The Balaban J connectivity index is 1.43. The summed E-state index contributed by atoms with van der Waals surface area (Å²) >= 11 is 6.14. The smallest absolute Gasteiger partial charge is 0.276 e. The first-order chi connectivity index (χ1) is 13.1. The average Bonchev–Trinajstić information content (AvgIpc) is 3.20. The molecule has 1 aliphatic heterocycles. The van der Waals surface area contributed by atoms with Gasteiger partial charge in [-0.05, 0) is 24.6 Å². The Bertz CT molecular complexity index is 947. The van der Waals surface area contributed by atoms with Gasteiger partial charge in [0, 0.05) is 48.5 Å². The van der Waals surface area contributed by atoms with E-state index >= 15 is 0 Å². The second-order valence-corrected chi connectivity index (χ2v) is 7.09. The Morgan fingerprint density at radius 1 is 1.04 bits per heavy atom. The molecule has 0 aliphatic carbocycles. The van der Waals surface area contributed by atoms with Crippen molar-refractivity contribution >= 4 is 23.2 Å². The SMILES string of the molecule is Cc1ccc(Cl)cc1N1CCN(C(=O)c2cc(-c3ccccc3)on2)CC1. The predicted molar refractivity (Wildman–Crippen MR) is 106 cm³/mol.